The summed E-state index contributed by atoms with van der Waals surface area (Å²) in [5.74, 6) is 2.38. The lowest BCUT2D eigenvalue weighted by Gasteiger charge is -2.08. The van der Waals surface area contributed by atoms with E-state index in [2.05, 4.69) is 20.4 Å². The molecule has 3 aromatic rings. The summed E-state index contributed by atoms with van der Waals surface area (Å²) in [4.78, 5) is 9.08. The van der Waals surface area contributed by atoms with Gasteiger partial charge in [-0.2, -0.15) is 5.10 Å². The van der Waals surface area contributed by atoms with Crippen LogP contribution in [0.2, 0.25) is 5.02 Å². The third-order valence-corrected chi connectivity index (χ3v) is 4.08. The van der Waals surface area contributed by atoms with Crippen LogP contribution in [0.15, 0.2) is 30.5 Å². The van der Waals surface area contributed by atoms with Crippen LogP contribution in [-0.2, 0) is 0 Å². The Morgan fingerprint density at radius 1 is 1.32 bits per heavy atom. The number of nitrogens with zero attached hydrogens (tertiary/aromatic N) is 4. The van der Waals surface area contributed by atoms with Crippen molar-refractivity contribution in [2.45, 2.75) is 19.8 Å². The second kappa shape index (κ2) is 5.25. The summed E-state index contributed by atoms with van der Waals surface area (Å²) >= 11 is 6.08. The van der Waals surface area contributed by atoms with Crippen molar-refractivity contribution in [3.05, 3.63) is 41.3 Å². The van der Waals surface area contributed by atoms with Crippen LogP contribution < -0.4 is 5.32 Å². The van der Waals surface area contributed by atoms with E-state index in [1.807, 2.05) is 37.4 Å². The number of benzene rings is 1. The Morgan fingerprint density at radius 2 is 2.18 bits per heavy atom. The van der Waals surface area contributed by atoms with Crippen molar-refractivity contribution >= 4 is 28.5 Å². The Morgan fingerprint density at radius 3 is 2.95 bits per heavy atom. The summed E-state index contributed by atoms with van der Waals surface area (Å²) in [7, 11) is 0. The van der Waals surface area contributed by atoms with Crippen LogP contribution in [0.1, 0.15) is 18.7 Å². The fraction of sp³-hybridized carbons (Fsp3) is 0.312. The van der Waals surface area contributed by atoms with Crippen LogP contribution in [0, 0.1) is 12.8 Å². The van der Waals surface area contributed by atoms with Gasteiger partial charge in [0.25, 0.3) is 0 Å². The van der Waals surface area contributed by atoms with Crippen LogP contribution in [0.3, 0.4) is 0 Å². The number of fused-ring (bicyclic) bond motifs is 1. The van der Waals surface area contributed by atoms with E-state index in [0.29, 0.717) is 5.02 Å². The van der Waals surface area contributed by atoms with Gasteiger partial charge < -0.3 is 5.32 Å². The minimum Gasteiger partial charge on any atom is -0.369 e. The first-order valence-corrected chi connectivity index (χ1v) is 7.81. The zero-order valence-corrected chi connectivity index (χ0v) is 13.0. The quantitative estimate of drug-likeness (QED) is 0.799. The lowest BCUT2D eigenvalue weighted by Crippen LogP contribution is -2.07. The number of aromatic nitrogens is 4. The van der Waals surface area contributed by atoms with Gasteiger partial charge in [-0.1, -0.05) is 17.7 Å². The lowest BCUT2D eigenvalue weighted by molar-refractivity contribution is 0.876. The summed E-state index contributed by atoms with van der Waals surface area (Å²) < 4.78 is 1.80. The molecule has 0 bridgehead atoms. The summed E-state index contributed by atoms with van der Waals surface area (Å²) in [6.07, 6.45) is 4.43. The number of hydrogen-bond donors (Lipinski definition) is 1. The topological polar surface area (TPSA) is 55.6 Å². The van der Waals surface area contributed by atoms with Gasteiger partial charge in [0.2, 0.25) is 0 Å². The van der Waals surface area contributed by atoms with Crippen LogP contribution in [-0.4, -0.2) is 26.3 Å². The molecule has 1 aliphatic rings. The number of hydrogen-bond acceptors (Lipinski definition) is 4. The van der Waals surface area contributed by atoms with Gasteiger partial charge in [0.05, 0.1) is 17.3 Å². The largest absolute Gasteiger partial charge is 0.369 e. The van der Waals surface area contributed by atoms with Gasteiger partial charge in [-0.15, -0.1) is 0 Å². The zero-order chi connectivity index (χ0) is 15.1. The van der Waals surface area contributed by atoms with E-state index in [1.165, 1.54) is 12.8 Å². The van der Waals surface area contributed by atoms with Crippen molar-refractivity contribution < 1.29 is 0 Å². The summed E-state index contributed by atoms with van der Waals surface area (Å²) in [5.41, 5.74) is 1.70. The first kappa shape index (κ1) is 13.5. The predicted octanol–water partition coefficient (Wildman–Crippen LogP) is 3.60. The van der Waals surface area contributed by atoms with Gasteiger partial charge in [0.15, 0.2) is 5.65 Å². The second-order valence-electron chi connectivity index (χ2n) is 5.72. The molecule has 1 saturated carbocycles. The van der Waals surface area contributed by atoms with Crippen molar-refractivity contribution in [2.75, 3.05) is 11.9 Å². The number of nitrogens with one attached hydrogen (secondary N) is 1. The molecule has 0 unspecified atom stereocenters. The Bertz CT molecular complexity index is 838. The summed E-state index contributed by atoms with van der Waals surface area (Å²) in [6.45, 7) is 2.87. The number of aryl methyl sites for hydroxylation is 1. The van der Waals surface area contributed by atoms with Crippen LogP contribution >= 0.6 is 11.6 Å². The Labute approximate surface area is 133 Å². The molecule has 0 atom stereocenters. The summed E-state index contributed by atoms with van der Waals surface area (Å²) in [5, 5.41) is 9.52. The van der Waals surface area contributed by atoms with Gasteiger partial charge in [-0.05, 0) is 43.9 Å². The molecular formula is C16H16ClN5. The van der Waals surface area contributed by atoms with E-state index in [1.54, 1.807) is 4.68 Å². The van der Waals surface area contributed by atoms with E-state index in [-0.39, 0.29) is 0 Å². The van der Waals surface area contributed by atoms with Crippen LogP contribution in [0.4, 0.5) is 5.82 Å². The third kappa shape index (κ3) is 2.52. The molecule has 1 aromatic carbocycles. The first-order valence-electron chi connectivity index (χ1n) is 7.43. The zero-order valence-electron chi connectivity index (χ0n) is 12.3. The first-order chi connectivity index (χ1) is 10.7. The monoisotopic (exact) mass is 313 g/mol. The molecule has 5 nitrogen and oxygen atoms in total. The Hall–Kier alpha value is -2.14. The minimum absolute atomic E-state index is 0.680. The lowest BCUT2D eigenvalue weighted by atomic mass is 10.3. The molecule has 6 heteroatoms. The Balaban J connectivity index is 1.80. The van der Waals surface area contributed by atoms with Crippen molar-refractivity contribution in [3.63, 3.8) is 0 Å². The molecule has 0 spiro atoms. The van der Waals surface area contributed by atoms with Crippen molar-refractivity contribution in [1.82, 2.24) is 19.7 Å². The summed E-state index contributed by atoms with van der Waals surface area (Å²) in [6, 6.07) is 7.60. The fourth-order valence-electron chi connectivity index (χ4n) is 2.51. The van der Waals surface area contributed by atoms with E-state index in [0.717, 1.165) is 40.8 Å². The number of anilines is 1. The van der Waals surface area contributed by atoms with Crippen molar-refractivity contribution in [3.8, 4) is 5.69 Å². The maximum Gasteiger partial charge on any atom is 0.168 e. The average Bonchev–Trinajstić information content (AvgIpc) is 3.23. The molecule has 0 amide bonds. The van der Waals surface area contributed by atoms with Gasteiger partial charge in [0, 0.05) is 11.6 Å². The fourth-order valence-corrected chi connectivity index (χ4v) is 2.70. The maximum atomic E-state index is 6.08. The van der Waals surface area contributed by atoms with E-state index in [9.17, 15) is 0 Å². The van der Waals surface area contributed by atoms with Crippen LogP contribution in [0.5, 0.6) is 0 Å². The number of halogens is 1. The molecule has 0 saturated heterocycles. The third-order valence-electron chi connectivity index (χ3n) is 3.85. The van der Waals surface area contributed by atoms with E-state index < -0.39 is 0 Å². The van der Waals surface area contributed by atoms with Gasteiger partial charge in [0.1, 0.15) is 11.6 Å². The molecule has 1 fully saturated rings. The second-order valence-corrected chi connectivity index (χ2v) is 6.15. The van der Waals surface area contributed by atoms with Gasteiger partial charge >= 0.3 is 0 Å². The Kier molecular flexibility index (Phi) is 3.22. The highest BCUT2D eigenvalue weighted by Gasteiger charge is 2.22. The highest BCUT2D eigenvalue weighted by molar-refractivity contribution is 6.30. The highest BCUT2D eigenvalue weighted by atomic mass is 35.5. The van der Waals surface area contributed by atoms with E-state index in [4.69, 9.17) is 11.6 Å². The predicted molar refractivity (Wildman–Crippen MR) is 87.6 cm³/mol. The van der Waals surface area contributed by atoms with Crippen LogP contribution in [0.25, 0.3) is 16.7 Å². The van der Waals surface area contributed by atoms with Crippen molar-refractivity contribution in [2.24, 2.45) is 5.92 Å². The van der Waals surface area contributed by atoms with Gasteiger partial charge in [-0.25, -0.2) is 14.6 Å². The molecule has 112 valence electrons. The van der Waals surface area contributed by atoms with Gasteiger partial charge in [-0.3, -0.25) is 0 Å². The molecule has 22 heavy (non-hydrogen) atoms. The maximum absolute atomic E-state index is 6.08. The molecule has 4 rings (SSSR count). The smallest absolute Gasteiger partial charge is 0.168 e. The standard InChI is InChI=1S/C16H16ClN5/c1-10-20-15(18-8-11-5-6-11)14-9-19-22(16(14)21-10)13-4-2-3-12(17)7-13/h2-4,7,9,11H,5-6,8H2,1H3,(H,18,20,21). The van der Waals surface area contributed by atoms with Crippen molar-refractivity contribution in [1.29, 1.82) is 0 Å². The van der Waals surface area contributed by atoms with E-state index >= 15 is 0 Å². The minimum atomic E-state index is 0.680. The molecule has 2 heterocycles. The molecule has 0 radical (unpaired) electrons. The normalized spacial score (nSPS) is 14.5. The molecule has 2 aromatic heterocycles. The molecule has 1 aliphatic carbocycles. The average molecular weight is 314 g/mol. The molecular weight excluding hydrogens is 298 g/mol. The molecule has 1 N–H and O–H groups in total. The highest BCUT2D eigenvalue weighted by Crippen LogP contribution is 2.30. The SMILES string of the molecule is Cc1nc(NCC2CC2)c2cnn(-c3cccc(Cl)c3)c2n1. The number of rotatable bonds is 4. The molecule has 0 aliphatic heterocycles.